The van der Waals surface area contributed by atoms with Crippen LogP contribution < -0.4 is 0 Å². The second kappa shape index (κ2) is 27.4. The number of unbranched alkanes of at least 4 members (excludes halogenated alkanes) is 12. The van der Waals surface area contributed by atoms with Gasteiger partial charge in [0.1, 0.15) is 43.2 Å². The fourth-order valence-corrected chi connectivity index (χ4v) is 6.62. The number of carbonyl (C=O) groups is 2. The van der Waals surface area contributed by atoms with Gasteiger partial charge in [0.15, 0.2) is 6.10 Å². The van der Waals surface area contributed by atoms with Crippen LogP contribution in [0.4, 0.5) is 0 Å². The van der Waals surface area contributed by atoms with E-state index in [0.29, 0.717) is 6.42 Å². The van der Waals surface area contributed by atoms with E-state index in [9.17, 15) is 44.0 Å². The van der Waals surface area contributed by atoms with Gasteiger partial charge in [0, 0.05) is 12.3 Å². The molecule has 0 amide bonds. The minimum Gasteiger partial charge on any atom is -0.456 e. The lowest BCUT2D eigenvalue weighted by Gasteiger charge is -2.43. The summed E-state index contributed by atoms with van der Waals surface area (Å²) in [6.07, 6.45) is 3.94. The van der Waals surface area contributed by atoms with Gasteiger partial charge in [0.25, 0.3) is 0 Å². The van der Waals surface area contributed by atoms with Crippen LogP contribution in [-0.4, -0.2) is 103 Å². The Labute approximate surface area is 316 Å². The molecule has 0 aromatic heterocycles. The summed E-state index contributed by atoms with van der Waals surface area (Å²) in [5.74, 6) is 18.2. The lowest BCUT2D eigenvalue weighted by molar-refractivity contribution is -0.216. The van der Waals surface area contributed by atoms with Gasteiger partial charge in [-0.15, -0.1) is 6.42 Å². The number of hydrogen-bond acceptors (Lipinski definition) is 13. The topological polar surface area (TPSA) is 256 Å². The minimum atomic E-state index is -5.38. The third kappa shape index (κ3) is 22.2. The number of phosphoric acid groups is 2. The van der Waals surface area contributed by atoms with Crippen LogP contribution in [-0.2, 0) is 41.8 Å². The number of aliphatic hydroxyl groups is 4. The van der Waals surface area contributed by atoms with Gasteiger partial charge in [-0.2, -0.15) is 0 Å². The van der Waals surface area contributed by atoms with Crippen molar-refractivity contribution in [3.63, 3.8) is 0 Å². The maximum Gasteiger partial charge on any atom is 0.472 e. The van der Waals surface area contributed by atoms with Gasteiger partial charge in [-0.25, -0.2) is 13.9 Å². The Bertz CT molecular complexity index is 1560. The molecule has 0 saturated heterocycles. The second-order valence-electron chi connectivity index (χ2n) is 12.2. The predicted molar refractivity (Wildman–Crippen MR) is 193 cm³/mol. The molecule has 0 bridgehead atoms. The van der Waals surface area contributed by atoms with E-state index in [-0.39, 0.29) is 6.42 Å². The quantitative estimate of drug-likeness (QED) is 0.0242. The summed E-state index contributed by atoms with van der Waals surface area (Å²) in [6.45, 7) is 0.531. The molecule has 1 aliphatic rings. The van der Waals surface area contributed by atoms with Gasteiger partial charge in [-0.3, -0.25) is 18.4 Å². The van der Waals surface area contributed by atoms with Crippen molar-refractivity contribution in [1.82, 2.24) is 0 Å². The van der Waals surface area contributed by atoms with Crippen molar-refractivity contribution >= 4 is 27.6 Å². The molecule has 0 heterocycles. The largest absolute Gasteiger partial charge is 0.472 e. The zero-order valence-electron chi connectivity index (χ0n) is 30.1. The predicted octanol–water partition coefficient (Wildman–Crippen LogP) is 2.01. The molecule has 18 heteroatoms. The van der Waals surface area contributed by atoms with Crippen LogP contribution in [0.15, 0.2) is 0 Å². The fourth-order valence-electron chi connectivity index (χ4n) is 5.08. The lowest BCUT2D eigenvalue weighted by Crippen LogP contribution is -2.64. The van der Waals surface area contributed by atoms with Gasteiger partial charge >= 0.3 is 27.6 Å². The second-order valence-corrected chi connectivity index (χ2v) is 14.8. The van der Waals surface area contributed by atoms with Crippen molar-refractivity contribution in [1.29, 1.82) is 0 Å². The molecule has 54 heavy (non-hydrogen) atoms. The zero-order chi connectivity index (χ0) is 40.4. The summed E-state index contributed by atoms with van der Waals surface area (Å²) >= 11 is 0. The molecule has 0 spiro atoms. The van der Waals surface area contributed by atoms with Crippen LogP contribution >= 0.6 is 15.6 Å². The number of phosphoric ester groups is 2. The summed E-state index contributed by atoms with van der Waals surface area (Å²) in [6, 6.07) is 0. The Morgan fingerprint density at radius 3 is 1.65 bits per heavy atom. The number of ether oxygens (including phenoxy) is 2. The molecule has 7 N–H and O–H groups in total. The number of terminal acetylenes is 1. The van der Waals surface area contributed by atoms with E-state index in [2.05, 4.69) is 58.8 Å². The third-order valence-electron chi connectivity index (χ3n) is 7.78. The highest BCUT2D eigenvalue weighted by atomic mass is 31.2. The number of aliphatic hydroxyl groups excluding tert-OH is 4. The lowest BCUT2D eigenvalue weighted by atomic mass is 9.85. The first kappa shape index (κ1) is 48.8. The van der Waals surface area contributed by atoms with Crippen LogP contribution in [0, 0.1) is 59.7 Å². The minimum absolute atomic E-state index is 0.0285. The summed E-state index contributed by atoms with van der Waals surface area (Å²) in [4.78, 5) is 53.3. The number of carbonyl (C=O) groups excluding carboxylic acids is 2. The van der Waals surface area contributed by atoms with Gasteiger partial charge in [0.05, 0.1) is 6.61 Å². The Morgan fingerprint density at radius 2 is 1.13 bits per heavy atom. The van der Waals surface area contributed by atoms with E-state index in [1.807, 2.05) is 5.92 Å². The molecule has 0 aromatic rings. The Hall–Kier alpha value is -3.20. The van der Waals surface area contributed by atoms with E-state index in [1.165, 1.54) is 44.9 Å². The van der Waals surface area contributed by atoms with Crippen molar-refractivity contribution in [2.24, 2.45) is 0 Å². The van der Waals surface area contributed by atoms with Gasteiger partial charge in [-0.05, 0) is 53.8 Å². The van der Waals surface area contributed by atoms with Crippen LogP contribution in [0.5, 0.6) is 0 Å². The molecule has 1 rings (SSSR count). The molecule has 0 aromatic carbocycles. The van der Waals surface area contributed by atoms with Crippen LogP contribution in [0.3, 0.4) is 0 Å². The van der Waals surface area contributed by atoms with Gasteiger partial charge in [0.2, 0.25) is 0 Å². The van der Waals surface area contributed by atoms with Crippen molar-refractivity contribution in [3.8, 4) is 59.7 Å². The van der Waals surface area contributed by atoms with Crippen molar-refractivity contribution < 1.29 is 76.9 Å². The molecule has 0 aliphatic heterocycles. The number of rotatable bonds is 24. The maximum atomic E-state index is 12.8. The zero-order valence-corrected chi connectivity index (χ0v) is 31.9. The van der Waals surface area contributed by atoms with E-state index < -0.39 is 83.5 Å². The first-order valence-electron chi connectivity index (χ1n) is 17.6. The number of hydrogen-bond donors (Lipinski definition) is 7. The molecule has 1 aliphatic carbocycles. The molecule has 16 nitrogen and oxygen atoms in total. The van der Waals surface area contributed by atoms with Crippen LogP contribution in [0.1, 0.15) is 96.8 Å². The van der Waals surface area contributed by atoms with Crippen LogP contribution in [0.2, 0.25) is 0 Å². The SMILES string of the molecule is C#CC#CC#CC#CC#CC(=O)OC[C@@H](COP(=O)(O)OC1C(O)[C@@H](O)C(O)[C@@H](OP(=O)(O)O)[C@H]1O)OC(=O)CCCCCCCCCCCCCCC. The summed E-state index contributed by atoms with van der Waals surface area (Å²) < 4.78 is 48.3. The van der Waals surface area contributed by atoms with E-state index >= 15 is 0 Å². The molecule has 8 atom stereocenters. The Morgan fingerprint density at radius 1 is 0.648 bits per heavy atom. The standard InChI is InChI=1S/C36H50O16P2/c1-3-5-7-9-11-13-14-15-16-17-19-21-23-25-30(38)50-28(26-48-29(37)24-22-20-18-12-10-8-6-4-2)27-49-54(46,47)52-36-33(41)31(39)32(40)35(34(36)42)51-53(43,44)45/h2,28,31-36,39-42H,3,5,7,9,11,13-17,19,21,23,25-27H2,1H3,(H,46,47)(H2,43,44,45)/t28-,31-,32?,33?,34+,35+,36?/m0/s1. The average Bonchev–Trinajstić information content (AvgIpc) is 3.11. The third-order valence-corrected chi connectivity index (χ3v) is 9.28. The monoisotopic (exact) mass is 800 g/mol. The molecular weight excluding hydrogens is 750 g/mol. The molecule has 1 fully saturated rings. The van der Waals surface area contributed by atoms with Crippen LogP contribution in [0.25, 0.3) is 0 Å². The van der Waals surface area contributed by atoms with E-state index in [1.54, 1.807) is 0 Å². The van der Waals surface area contributed by atoms with Crippen molar-refractivity contribution in [2.45, 2.75) is 140 Å². The smallest absolute Gasteiger partial charge is 0.456 e. The van der Waals surface area contributed by atoms with Crippen molar-refractivity contribution in [2.75, 3.05) is 13.2 Å². The van der Waals surface area contributed by atoms with E-state index in [4.69, 9.17) is 34.7 Å². The number of esters is 2. The summed E-state index contributed by atoms with van der Waals surface area (Å²) in [5, 5.41) is 40.8. The normalized spacial score (nSPS) is 22.1. The van der Waals surface area contributed by atoms with Gasteiger partial charge in [-0.1, -0.05) is 84.0 Å². The molecular formula is C36H50O16P2. The Kier molecular flexibility index (Phi) is 24.8. The fraction of sp³-hybridized carbons (Fsp3) is 0.667. The highest BCUT2D eigenvalue weighted by molar-refractivity contribution is 7.47. The molecule has 0 radical (unpaired) electrons. The maximum absolute atomic E-state index is 12.8. The van der Waals surface area contributed by atoms with Gasteiger partial charge < -0.3 is 44.6 Å². The highest BCUT2D eigenvalue weighted by Crippen LogP contribution is 2.49. The molecule has 300 valence electrons. The van der Waals surface area contributed by atoms with Crippen molar-refractivity contribution in [3.05, 3.63) is 0 Å². The molecule has 1 saturated carbocycles. The average molecular weight is 801 g/mol. The van der Waals surface area contributed by atoms with E-state index in [0.717, 1.165) is 32.1 Å². The highest BCUT2D eigenvalue weighted by Gasteiger charge is 2.54. The first-order valence-corrected chi connectivity index (χ1v) is 20.6. The molecule has 4 unspecified atom stereocenters. The Balaban J connectivity index is 2.79. The summed E-state index contributed by atoms with van der Waals surface area (Å²) in [7, 11) is -10.7. The summed E-state index contributed by atoms with van der Waals surface area (Å²) in [5.41, 5.74) is 0. The first-order chi connectivity index (χ1) is 25.6.